The number of carbonyl (C=O) groups is 1. The number of hydrogen-bond acceptors (Lipinski definition) is 2. The van der Waals surface area contributed by atoms with Gasteiger partial charge in [-0.25, -0.2) is 0 Å². The lowest BCUT2D eigenvalue weighted by atomic mass is 9.81. The van der Waals surface area contributed by atoms with E-state index in [-0.39, 0.29) is 37.5 Å². The van der Waals surface area contributed by atoms with Gasteiger partial charge in [0, 0.05) is 11.5 Å². The van der Waals surface area contributed by atoms with Crippen LogP contribution in [0.15, 0.2) is 6.20 Å². The van der Waals surface area contributed by atoms with Crippen molar-refractivity contribution < 1.29 is 18.0 Å². The Labute approximate surface area is 115 Å². The summed E-state index contributed by atoms with van der Waals surface area (Å²) in [5.74, 6) is -1.27. The Bertz CT molecular complexity index is 462. The van der Waals surface area contributed by atoms with Crippen molar-refractivity contribution in [2.75, 3.05) is 5.32 Å². The first-order valence-corrected chi connectivity index (χ1v) is 6.81. The van der Waals surface area contributed by atoms with Gasteiger partial charge in [-0.15, -0.1) is 0 Å². The number of carbonyl (C=O) groups excluding carboxylic acids is 1. The molecule has 0 radical (unpaired) electrons. The third-order valence-electron chi connectivity index (χ3n) is 3.91. The molecule has 0 aliphatic heterocycles. The van der Waals surface area contributed by atoms with E-state index in [0.717, 1.165) is 12.0 Å². The van der Waals surface area contributed by atoms with Crippen LogP contribution in [-0.4, -0.2) is 22.3 Å². The Balaban J connectivity index is 1.89. The number of anilines is 1. The average Bonchev–Trinajstić information content (AvgIpc) is 2.85. The highest BCUT2D eigenvalue weighted by atomic mass is 19.4. The molecular formula is C13H18F3N3O. The summed E-state index contributed by atoms with van der Waals surface area (Å²) in [5.41, 5.74) is 0.891. The minimum Gasteiger partial charge on any atom is -0.311 e. The van der Waals surface area contributed by atoms with Crippen molar-refractivity contribution in [3.63, 3.8) is 0 Å². The van der Waals surface area contributed by atoms with Crippen LogP contribution in [-0.2, 0) is 11.2 Å². The minimum absolute atomic E-state index is 0.0329. The predicted octanol–water partition coefficient (Wildman–Crippen LogP) is 3.28. The van der Waals surface area contributed by atoms with Crippen LogP contribution in [0.5, 0.6) is 0 Å². The number of H-pyrrole nitrogens is 1. The smallest absolute Gasteiger partial charge is 0.311 e. The van der Waals surface area contributed by atoms with E-state index in [2.05, 4.69) is 15.5 Å². The predicted molar refractivity (Wildman–Crippen MR) is 68.1 cm³/mol. The van der Waals surface area contributed by atoms with Gasteiger partial charge in [0.15, 0.2) is 0 Å². The van der Waals surface area contributed by atoms with Crippen LogP contribution >= 0.6 is 0 Å². The molecule has 0 spiro atoms. The number of nitrogens with one attached hydrogen (secondary N) is 2. The number of alkyl halides is 3. The van der Waals surface area contributed by atoms with E-state index in [1.165, 1.54) is 0 Å². The van der Waals surface area contributed by atoms with Crippen molar-refractivity contribution >= 4 is 11.7 Å². The fourth-order valence-electron chi connectivity index (χ4n) is 2.60. The number of nitrogens with zero attached hydrogens (tertiary/aromatic N) is 1. The summed E-state index contributed by atoms with van der Waals surface area (Å²) in [6.45, 7) is 1.94. The lowest BCUT2D eigenvalue weighted by molar-refractivity contribution is -0.184. The normalized spacial score (nSPS) is 23.6. The van der Waals surface area contributed by atoms with Gasteiger partial charge in [-0.1, -0.05) is 6.92 Å². The number of hydrogen-bond donors (Lipinski definition) is 2. The Kier molecular flexibility index (Phi) is 4.35. The van der Waals surface area contributed by atoms with Gasteiger partial charge in [0.05, 0.1) is 12.1 Å². The van der Waals surface area contributed by atoms with Crippen molar-refractivity contribution in [2.45, 2.75) is 45.2 Å². The maximum Gasteiger partial charge on any atom is 0.391 e. The molecule has 2 rings (SSSR count). The zero-order valence-corrected chi connectivity index (χ0v) is 11.3. The SMILES string of the molecule is CCc1cn[nH]c1NC(=O)C1CCC(C(F)(F)F)CC1. The highest BCUT2D eigenvalue weighted by molar-refractivity contribution is 5.92. The summed E-state index contributed by atoms with van der Waals surface area (Å²) in [5, 5.41) is 9.27. The van der Waals surface area contributed by atoms with Gasteiger partial charge in [0.2, 0.25) is 5.91 Å². The summed E-state index contributed by atoms with van der Waals surface area (Å²) in [7, 11) is 0. The number of amides is 1. The molecule has 0 aromatic carbocycles. The van der Waals surface area contributed by atoms with Crippen LogP contribution < -0.4 is 5.32 Å². The monoisotopic (exact) mass is 289 g/mol. The molecule has 1 amide bonds. The fourth-order valence-corrected chi connectivity index (χ4v) is 2.60. The van der Waals surface area contributed by atoms with Crippen LogP contribution in [0.25, 0.3) is 0 Å². The first kappa shape index (κ1) is 14.9. The van der Waals surface area contributed by atoms with Crippen molar-refractivity contribution in [1.29, 1.82) is 0 Å². The van der Waals surface area contributed by atoms with Crippen LogP contribution in [0.2, 0.25) is 0 Å². The number of aromatic nitrogens is 2. The summed E-state index contributed by atoms with van der Waals surface area (Å²) in [6.07, 6.45) is -1.14. The molecule has 4 nitrogen and oxygen atoms in total. The highest BCUT2D eigenvalue weighted by Gasteiger charge is 2.42. The molecule has 2 N–H and O–H groups in total. The lowest BCUT2D eigenvalue weighted by Crippen LogP contribution is -2.32. The summed E-state index contributed by atoms with van der Waals surface area (Å²) < 4.78 is 37.7. The third-order valence-corrected chi connectivity index (χ3v) is 3.91. The van der Waals surface area contributed by atoms with Gasteiger partial charge in [-0.2, -0.15) is 18.3 Å². The van der Waals surface area contributed by atoms with Crippen LogP contribution in [0.1, 0.15) is 38.2 Å². The summed E-state index contributed by atoms with van der Waals surface area (Å²) in [6, 6.07) is 0. The molecule has 1 aromatic rings. The molecular weight excluding hydrogens is 271 g/mol. The second-order valence-electron chi connectivity index (χ2n) is 5.20. The van der Waals surface area contributed by atoms with Crippen molar-refractivity contribution in [1.82, 2.24) is 10.2 Å². The zero-order chi connectivity index (χ0) is 14.8. The van der Waals surface area contributed by atoms with Gasteiger partial charge in [0.25, 0.3) is 0 Å². The van der Waals surface area contributed by atoms with Crippen LogP contribution in [0.4, 0.5) is 19.0 Å². The van der Waals surface area contributed by atoms with Gasteiger partial charge in [0.1, 0.15) is 5.82 Å². The fraction of sp³-hybridized carbons (Fsp3) is 0.692. The van der Waals surface area contributed by atoms with Crippen molar-refractivity contribution in [3.05, 3.63) is 11.8 Å². The van der Waals surface area contributed by atoms with E-state index in [4.69, 9.17) is 0 Å². The molecule has 1 aliphatic carbocycles. The van der Waals surface area contributed by atoms with Gasteiger partial charge >= 0.3 is 6.18 Å². The van der Waals surface area contributed by atoms with E-state index in [9.17, 15) is 18.0 Å². The standard InChI is InChI=1S/C13H18F3N3O/c1-2-8-7-17-19-11(8)18-12(20)9-3-5-10(6-4-9)13(14,15)16/h7,9-10H,2-6H2,1H3,(H2,17,18,19,20). The quantitative estimate of drug-likeness (QED) is 0.897. The molecule has 1 saturated carbocycles. The van der Waals surface area contributed by atoms with E-state index in [1.54, 1.807) is 6.20 Å². The molecule has 0 saturated heterocycles. The van der Waals surface area contributed by atoms with Crippen LogP contribution in [0.3, 0.4) is 0 Å². The topological polar surface area (TPSA) is 57.8 Å². The molecule has 0 unspecified atom stereocenters. The molecule has 1 aromatic heterocycles. The Morgan fingerprint density at radius 3 is 2.60 bits per heavy atom. The highest BCUT2D eigenvalue weighted by Crippen LogP contribution is 2.39. The second kappa shape index (κ2) is 5.85. The van der Waals surface area contributed by atoms with Crippen molar-refractivity contribution in [2.24, 2.45) is 11.8 Å². The molecule has 1 fully saturated rings. The maximum absolute atomic E-state index is 12.6. The summed E-state index contributed by atoms with van der Waals surface area (Å²) >= 11 is 0. The Morgan fingerprint density at radius 1 is 1.40 bits per heavy atom. The largest absolute Gasteiger partial charge is 0.391 e. The van der Waals surface area contributed by atoms with Crippen LogP contribution in [0, 0.1) is 11.8 Å². The lowest BCUT2D eigenvalue weighted by Gasteiger charge is -2.29. The molecule has 20 heavy (non-hydrogen) atoms. The number of aryl methyl sites for hydroxylation is 1. The minimum atomic E-state index is -4.14. The average molecular weight is 289 g/mol. The zero-order valence-electron chi connectivity index (χ0n) is 11.3. The van der Waals surface area contributed by atoms with Crippen molar-refractivity contribution in [3.8, 4) is 0 Å². The molecule has 0 atom stereocenters. The molecule has 112 valence electrons. The van der Waals surface area contributed by atoms with E-state index in [0.29, 0.717) is 5.82 Å². The third kappa shape index (κ3) is 3.32. The van der Waals surface area contributed by atoms with Gasteiger partial charge in [-0.05, 0) is 32.1 Å². The van der Waals surface area contributed by atoms with Gasteiger partial charge < -0.3 is 5.32 Å². The van der Waals surface area contributed by atoms with E-state index in [1.807, 2.05) is 6.92 Å². The summed E-state index contributed by atoms with van der Waals surface area (Å²) in [4.78, 5) is 12.0. The first-order chi connectivity index (χ1) is 9.41. The number of rotatable bonds is 3. The molecule has 7 heteroatoms. The number of aromatic amines is 1. The van der Waals surface area contributed by atoms with Gasteiger partial charge in [-0.3, -0.25) is 9.89 Å². The number of halogens is 3. The Morgan fingerprint density at radius 2 is 2.05 bits per heavy atom. The Hall–Kier alpha value is -1.53. The molecule has 1 heterocycles. The second-order valence-corrected chi connectivity index (χ2v) is 5.20. The maximum atomic E-state index is 12.6. The first-order valence-electron chi connectivity index (χ1n) is 6.81. The molecule has 1 aliphatic rings. The van der Waals surface area contributed by atoms with E-state index >= 15 is 0 Å². The van der Waals surface area contributed by atoms with E-state index < -0.39 is 12.1 Å². The molecule has 0 bridgehead atoms.